The number of para-hydroxylation sites is 1. The summed E-state index contributed by atoms with van der Waals surface area (Å²) in [5, 5.41) is 9.13. The van der Waals surface area contributed by atoms with Crippen LogP contribution in [0.3, 0.4) is 0 Å². The van der Waals surface area contributed by atoms with Gasteiger partial charge in [0.05, 0.1) is 11.3 Å². The molecule has 1 unspecified atom stereocenters. The van der Waals surface area contributed by atoms with E-state index in [1.165, 1.54) is 0 Å². The minimum atomic E-state index is -0.877. The second-order valence-electron chi connectivity index (χ2n) is 4.05. The summed E-state index contributed by atoms with van der Waals surface area (Å²) in [5.74, 6) is -0.877. The van der Waals surface area contributed by atoms with E-state index in [0.29, 0.717) is 12.1 Å². The van der Waals surface area contributed by atoms with E-state index < -0.39 is 5.97 Å². The van der Waals surface area contributed by atoms with Crippen LogP contribution in [-0.4, -0.2) is 30.2 Å². The lowest BCUT2D eigenvalue weighted by Gasteiger charge is -2.26. The number of nitrogens with two attached hydrogens (primary N) is 1. The Balaban J connectivity index is 2.35. The summed E-state index contributed by atoms with van der Waals surface area (Å²) in [6, 6.07) is 7.40. The number of carboxylic acid groups (broad SMARTS) is 1. The number of aromatic carboxylic acids is 1. The molecule has 2 rings (SSSR count). The first kappa shape index (κ1) is 11.0. The van der Waals surface area contributed by atoms with Crippen molar-refractivity contribution in [2.45, 2.75) is 18.9 Å². The molecule has 1 heterocycles. The average molecular weight is 220 g/mol. The summed E-state index contributed by atoms with van der Waals surface area (Å²) in [6.07, 6.45) is 2.13. The van der Waals surface area contributed by atoms with Gasteiger partial charge in [-0.25, -0.2) is 4.79 Å². The van der Waals surface area contributed by atoms with Gasteiger partial charge in [0, 0.05) is 19.1 Å². The van der Waals surface area contributed by atoms with E-state index >= 15 is 0 Å². The summed E-state index contributed by atoms with van der Waals surface area (Å²) in [6.45, 7) is 1.47. The van der Waals surface area contributed by atoms with Crippen LogP contribution in [0.25, 0.3) is 0 Å². The van der Waals surface area contributed by atoms with Gasteiger partial charge in [-0.05, 0) is 25.0 Å². The number of carboxylic acids is 1. The van der Waals surface area contributed by atoms with Gasteiger partial charge < -0.3 is 15.7 Å². The highest BCUT2D eigenvalue weighted by atomic mass is 16.4. The Hall–Kier alpha value is -1.55. The first-order chi connectivity index (χ1) is 7.74. The van der Waals surface area contributed by atoms with Gasteiger partial charge in [-0.1, -0.05) is 12.1 Å². The predicted octanol–water partition coefficient (Wildman–Crippen LogP) is 1.31. The molecule has 1 fully saturated rings. The Labute approximate surface area is 94.7 Å². The molecule has 3 N–H and O–H groups in total. The van der Waals surface area contributed by atoms with E-state index in [2.05, 4.69) is 4.90 Å². The first-order valence-electron chi connectivity index (χ1n) is 5.53. The Morgan fingerprint density at radius 1 is 1.50 bits per heavy atom. The van der Waals surface area contributed by atoms with Crippen LogP contribution in [0.1, 0.15) is 23.2 Å². The summed E-state index contributed by atoms with van der Waals surface area (Å²) in [4.78, 5) is 13.2. The molecule has 0 bridgehead atoms. The zero-order valence-corrected chi connectivity index (χ0v) is 9.10. The van der Waals surface area contributed by atoms with E-state index in [1.807, 2.05) is 12.1 Å². The monoisotopic (exact) mass is 220 g/mol. The number of anilines is 1. The molecule has 1 atom stereocenters. The van der Waals surface area contributed by atoms with Gasteiger partial charge in [0.1, 0.15) is 0 Å². The second-order valence-corrected chi connectivity index (χ2v) is 4.05. The normalized spacial score (nSPS) is 20.1. The molecule has 0 aromatic heterocycles. The van der Waals surface area contributed by atoms with Crippen LogP contribution >= 0.6 is 0 Å². The highest BCUT2D eigenvalue weighted by molar-refractivity contribution is 5.94. The fourth-order valence-corrected chi connectivity index (χ4v) is 2.30. The van der Waals surface area contributed by atoms with Crippen LogP contribution in [-0.2, 0) is 0 Å². The zero-order valence-electron chi connectivity index (χ0n) is 9.10. The summed E-state index contributed by atoms with van der Waals surface area (Å²) >= 11 is 0. The van der Waals surface area contributed by atoms with Crippen molar-refractivity contribution < 1.29 is 9.90 Å². The molecule has 1 aromatic carbocycles. The van der Waals surface area contributed by atoms with E-state index in [1.54, 1.807) is 12.1 Å². The maximum Gasteiger partial charge on any atom is 0.337 e. The molecule has 4 heteroatoms. The molecule has 1 aliphatic heterocycles. The van der Waals surface area contributed by atoms with Gasteiger partial charge in [0.15, 0.2) is 0 Å². The molecular formula is C12H16N2O2. The molecule has 0 spiro atoms. The number of hydrogen-bond acceptors (Lipinski definition) is 3. The van der Waals surface area contributed by atoms with E-state index in [-0.39, 0.29) is 6.04 Å². The number of nitrogens with zero attached hydrogens (tertiary/aromatic N) is 1. The molecule has 0 saturated carbocycles. The quantitative estimate of drug-likeness (QED) is 0.806. The highest BCUT2D eigenvalue weighted by Gasteiger charge is 2.26. The highest BCUT2D eigenvalue weighted by Crippen LogP contribution is 2.28. The van der Waals surface area contributed by atoms with E-state index in [0.717, 1.165) is 25.1 Å². The van der Waals surface area contributed by atoms with Crippen LogP contribution in [0.5, 0.6) is 0 Å². The third-order valence-corrected chi connectivity index (χ3v) is 3.09. The first-order valence-corrected chi connectivity index (χ1v) is 5.53. The van der Waals surface area contributed by atoms with Crippen LogP contribution < -0.4 is 10.6 Å². The summed E-state index contributed by atoms with van der Waals surface area (Å²) in [7, 11) is 0. The minimum absolute atomic E-state index is 0.278. The van der Waals surface area contributed by atoms with Crippen LogP contribution in [0.4, 0.5) is 5.69 Å². The molecule has 0 aliphatic carbocycles. The molecule has 1 saturated heterocycles. The van der Waals surface area contributed by atoms with Crippen molar-refractivity contribution in [2.24, 2.45) is 5.73 Å². The van der Waals surface area contributed by atoms with Crippen LogP contribution in [0.2, 0.25) is 0 Å². The third kappa shape index (κ3) is 1.88. The SMILES string of the molecule is NCC1CCCN1c1ccccc1C(=O)O. The summed E-state index contributed by atoms with van der Waals surface area (Å²) in [5.41, 5.74) is 6.86. The van der Waals surface area contributed by atoms with Gasteiger partial charge >= 0.3 is 5.97 Å². The lowest BCUT2D eigenvalue weighted by Crippen LogP contribution is -2.36. The van der Waals surface area contributed by atoms with Gasteiger partial charge in [-0.15, -0.1) is 0 Å². The Kier molecular flexibility index (Phi) is 3.10. The van der Waals surface area contributed by atoms with Crippen molar-refractivity contribution in [1.29, 1.82) is 0 Å². The molecule has 1 aliphatic rings. The largest absolute Gasteiger partial charge is 0.478 e. The average Bonchev–Trinajstić information content (AvgIpc) is 2.76. The van der Waals surface area contributed by atoms with Crippen molar-refractivity contribution in [3.63, 3.8) is 0 Å². The molecule has 0 amide bonds. The van der Waals surface area contributed by atoms with Crippen molar-refractivity contribution in [1.82, 2.24) is 0 Å². The Morgan fingerprint density at radius 2 is 2.25 bits per heavy atom. The number of rotatable bonds is 3. The van der Waals surface area contributed by atoms with Gasteiger partial charge in [-0.2, -0.15) is 0 Å². The second kappa shape index (κ2) is 4.53. The number of benzene rings is 1. The smallest absolute Gasteiger partial charge is 0.337 e. The van der Waals surface area contributed by atoms with Gasteiger partial charge in [0.2, 0.25) is 0 Å². The van der Waals surface area contributed by atoms with Crippen molar-refractivity contribution >= 4 is 11.7 Å². The Bertz CT molecular complexity index is 392. The third-order valence-electron chi connectivity index (χ3n) is 3.09. The van der Waals surface area contributed by atoms with Gasteiger partial charge in [0.25, 0.3) is 0 Å². The predicted molar refractivity (Wildman–Crippen MR) is 62.8 cm³/mol. The lowest BCUT2D eigenvalue weighted by atomic mass is 10.1. The zero-order chi connectivity index (χ0) is 11.5. The molecule has 16 heavy (non-hydrogen) atoms. The van der Waals surface area contributed by atoms with Crippen molar-refractivity contribution in [3.05, 3.63) is 29.8 Å². The van der Waals surface area contributed by atoms with Crippen molar-refractivity contribution in [2.75, 3.05) is 18.0 Å². The van der Waals surface area contributed by atoms with Gasteiger partial charge in [-0.3, -0.25) is 0 Å². The van der Waals surface area contributed by atoms with E-state index in [9.17, 15) is 4.79 Å². The topological polar surface area (TPSA) is 66.6 Å². The van der Waals surface area contributed by atoms with Crippen LogP contribution in [0.15, 0.2) is 24.3 Å². The standard InChI is InChI=1S/C12H16N2O2/c13-8-9-4-3-7-14(9)11-6-2-1-5-10(11)12(15)16/h1-2,5-6,9H,3-4,7-8,13H2,(H,15,16). The molecule has 0 radical (unpaired) electrons. The molecule has 1 aromatic rings. The molecule has 86 valence electrons. The minimum Gasteiger partial charge on any atom is -0.478 e. The Morgan fingerprint density at radius 3 is 2.94 bits per heavy atom. The lowest BCUT2D eigenvalue weighted by molar-refractivity contribution is 0.0697. The van der Waals surface area contributed by atoms with E-state index in [4.69, 9.17) is 10.8 Å². The van der Waals surface area contributed by atoms with Crippen LogP contribution in [0, 0.1) is 0 Å². The number of hydrogen-bond donors (Lipinski definition) is 2. The maximum atomic E-state index is 11.1. The van der Waals surface area contributed by atoms with Crippen molar-refractivity contribution in [3.8, 4) is 0 Å². The fraction of sp³-hybridized carbons (Fsp3) is 0.417. The molecule has 4 nitrogen and oxygen atoms in total. The number of carbonyl (C=O) groups is 1. The maximum absolute atomic E-state index is 11.1. The fourth-order valence-electron chi connectivity index (χ4n) is 2.30. The summed E-state index contributed by atoms with van der Waals surface area (Å²) < 4.78 is 0. The molecular weight excluding hydrogens is 204 g/mol.